The summed E-state index contributed by atoms with van der Waals surface area (Å²) in [5.41, 5.74) is 0.136. The van der Waals surface area contributed by atoms with Crippen LogP contribution in [0.2, 0.25) is 0 Å². The van der Waals surface area contributed by atoms with E-state index in [1.165, 1.54) is 19.3 Å². The third-order valence-electron chi connectivity index (χ3n) is 4.22. The first-order chi connectivity index (χ1) is 9.25. The lowest BCUT2D eigenvalue weighted by Crippen LogP contribution is -2.41. The van der Waals surface area contributed by atoms with Crippen molar-refractivity contribution in [1.82, 2.24) is 9.47 Å². The van der Waals surface area contributed by atoms with Crippen LogP contribution >= 0.6 is 0 Å². The summed E-state index contributed by atoms with van der Waals surface area (Å²) in [5.74, 6) is 0. The molecule has 1 saturated heterocycles. The van der Waals surface area contributed by atoms with Crippen molar-refractivity contribution in [3.8, 4) is 0 Å². The maximum Gasteiger partial charge on any atom is 0.258 e. The molecule has 1 aromatic heterocycles. The van der Waals surface area contributed by atoms with Gasteiger partial charge in [0, 0.05) is 24.2 Å². The van der Waals surface area contributed by atoms with E-state index in [0.29, 0.717) is 6.04 Å². The molecule has 0 amide bonds. The maximum absolute atomic E-state index is 12.5. The number of nitrogens with zero attached hydrogens (tertiary/aromatic N) is 2. The molecule has 3 nitrogen and oxygen atoms in total. The Morgan fingerprint density at radius 1 is 1.21 bits per heavy atom. The van der Waals surface area contributed by atoms with Gasteiger partial charge in [-0.3, -0.25) is 4.79 Å². The molecule has 100 valence electrons. The molecule has 0 radical (unpaired) electrons. The van der Waals surface area contributed by atoms with E-state index < -0.39 is 0 Å². The Morgan fingerprint density at radius 3 is 2.89 bits per heavy atom. The predicted molar refractivity (Wildman–Crippen MR) is 78.5 cm³/mol. The summed E-state index contributed by atoms with van der Waals surface area (Å²) >= 11 is 0. The van der Waals surface area contributed by atoms with E-state index in [-0.39, 0.29) is 5.56 Å². The van der Waals surface area contributed by atoms with Crippen molar-refractivity contribution in [2.45, 2.75) is 31.8 Å². The number of fused-ring (bicyclic) bond motifs is 1. The van der Waals surface area contributed by atoms with Crippen LogP contribution in [0.5, 0.6) is 0 Å². The molecule has 0 spiro atoms. The summed E-state index contributed by atoms with van der Waals surface area (Å²) in [6, 6.07) is 10.3. The SMILES string of the molecule is CN1CCCCC1Cn1ccc2ccccc2c1=O. The molecule has 0 aliphatic carbocycles. The molecule has 19 heavy (non-hydrogen) atoms. The van der Waals surface area contributed by atoms with Crippen LogP contribution in [0.15, 0.2) is 41.3 Å². The number of hydrogen-bond acceptors (Lipinski definition) is 2. The average Bonchev–Trinajstić information content (AvgIpc) is 2.44. The molecule has 1 fully saturated rings. The van der Waals surface area contributed by atoms with Gasteiger partial charge in [-0.05, 0) is 44.0 Å². The van der Waals surface area contributed by atoms with Crippen LogP contribution in [0, 0.1) is 0 Å². The fourth-order valence-electron chi connectivity index (χ4n) is 2.98. The van der Waals surface area contributed by atoms with Crippen LogP contribution in [-0.2, 0) is 6.54 Å². The second-order valence-corrected chi connectivity index (χ2v) is 5.49. The van der Waals surface area contributed by atoms with Crippen molar-refractivity contribution < 1.29 is 0 Å². The lowest BCUT2D eigenvalue weighted by atomic mass is 10.0. The minimum absolute atomic E-state index is 0.136. The van der Waals surface area contributed by atoms with Gasteiger partial charge in [0.05, 0.1) is 0 Å². The standard InChI is InChI=1S/C16H20N2O/c1-17-10-5-4-7-14(17)12-18-11-9-13-6-2-3-8-15(13)16(18)19/h2-3,6,8-9,11,14H,4-5,7,10,12H2,1H3. The van der Waals surface area contributed by atoms with Gasteiger partial charge in [-0.1, -0.05) is 24.6 Å². The molecule has 1 aliphatic heterocycles. The number of piperidine rings is 1. The van der Waals surface area contributed by atoms with E-state index in [9.17, 15) is 4.79 Å². The fourth-order valence-corrected chi connectivity index (χ4v) is 2.98. The summed E-state index contributed by atoms with van der Waals surface area (Å²) in [6.45, 7) is 1.95. The molecule has 2 aromatic rings. The molecular formula is C16H20N2O. The van der Waals surface area contributed by atoms with Gasteiger partial charge in [0.25, 0.3) is 5.56 Å². The largest absolute Gasteiger partial charge is 0.313 e. The zero-order valence-corrected chi connectivity index (χ0v) is 11.4. The second-order valence-electron chi connectivity index (χ2n) is 5.49. The molecule has 0 N–H and O–H groups in total. The Bertz CT molecular complexity index is 632. The Balaban J connectivity index is 1.93. The topological polar surface area (TPSA) is 25.2 Å². The minimum Gasteiger partial charge on any atom is -0.313 e. The Morgan fingerprint density at radius 2 is 2.05 bits per heavy atom. The highest BCUT2D eigenvalue weighted by molar-refractivity contribution is 5.81. The highest BCUT2D eigenvalue weighted by Gasteiger charge is 2.19. The fraction of sp³-hybridized carbons (Fsp3) is 0.438. The summed E-state index contributed by atoms with van der Waals surface area (Å²) < 4.78 is 1.87. The van der Waals surface area contributed by atoms with Gasteiger partial charge in [0.1, 0.15) is 0 Å². The lowest BCUT2D eigenvalue weighted by Gasteiger charge is -2.32. The van der Waals surface area contributed by atoms with Crippen molar-refractivity contribution in [2.75, 3.05) is 13.6 Å². The molecule has 1 unspecified atom stereocenters. The van der Waals surface area contributed by atoms with Crippen molar-refractivity contribution in [3.05, 3.63) is 46.9 Å². The maximum atomic E-state index is 12.5. The van der Waals surface area contributed by atoms with E-state index in [1.807, 2.05) is 41.1 Å². The number of rotatable bonds is 2. The van der Waals surface area contributed by atoms with E-state index in [1.54, 1.807) is 0 Å². The molecule has 3 heteroatoms. The van der Waals surface area contributed by atoms with E-state index >= 15 is 0 Å². The van der Waals surface area contributed by atoms with Gasteiger partial charge in [-0.25, -0.2) is 0 Å². The van der Waals surface area contributed by atoms with E-state index in [0.717, 1.165) is 23.9 Å². The summed E-state index contributed by atoms with van der Waals surface area (Å²) in [4.78, 5) is 14.8. The number of hydrogen-bond donors (Lipinski definition) is 0. The first kappa shape index (κ1) is 12.4. The first-order valence-electron chi connectivity index (χ1n) is 7.04. The third kappa shape index (κ3) is 2.43. The highest BCUT2D eigenvalue weighted by Crippen LogP contribution is 2.16. The molecule has 1 aromatic carbocycles. The summed E-state index contributed by atoms with van der Waals surface area (Å²) in [7, 11) is 2.16. The van der Waals surface area contributed by atoms with E-state index in [4.69, 9.17) is 0 Å². The monoisotopic (exact) mass is 256 g/mol. The van der Waals surface area contributed by atoms with Gasteiger partial charge < -0.3 is 9.47 Å². The van der Waals surface area contributed by atoms with E-state index in [2.05, 4.69) is 11.9 Å². The normalized spacial score (nSPS) is 20.8. The predicted octanol–water partition coefficient (Wildman–Crippen LogP) is 2.49. The van der Waals surface area contributed by atoms with Gasteiger partial charge in [0.2, 0.25) is 0 Å². The minimum atomic E-state index is 0.136. The zero-order chi connectivity index (χ0) is 13.2. The van der Waals surface area contributed by atoms with Crippen molar-refractivity contribution in [2.24, 2.45) is 0 Å². The van der Waals surface area contributed by atoms with Crippen LogP contribution in [0.1, 0.15) is 19.3 Å². The van der Waals surface area contributed by atoms with Gasteiger partial charge >= 0.3 is 0 Å². The third-order valence-corrected chi connectivity index (χ3v) is 4.22. The molecule has 3 rings (SSSR count). The number of aromatic nitrogens is 1. The number of likely N-dealkylation sites (tertiary alicyclic amines) is 1. The van der Waals surface area contributed by atoms with Crippen LogP contribution in [0.3, 0.4) is 0 Å². The second kappa shape index (κ2) is 5.17. The van der Waals surface area contributed by atoms with Crippen molar-refractivity contribution >= 4 is 10.8 Å². The van der Waals surface area contributed by atoms with Gasteiger partial charge in [-0.15, -0.1) is 0 Å². The highest BCUT2D eigenvalue weighted by atomic mass is 16.1. The number of likely N-dealkylation sites (N-methyl/N-ethyl adjacent to an activating group) is 1. The summed E-state index contributed by atoms with van der Waals surface area (Å²) in [6.07, 6.45) is 5.68. The number of benzene rings is 1. The Kier molecular flexibility index (Phi) is 3.38. The zero-order valence-electron chi connectivity index (χ0n) is 11.4. The average molecular weight is 256 g/mol. The molecular weight excluding hydrogens is 236 g/mol. The van der Waals surface area contributed by atoms with Gasteiger partial charge in [0.15, 0.2) is 0 Å². The lowest BCUT2D eigenvalue weighted by molar-refractivity contribution is 0.166. The molecule has 1 aliphatic rings. The van der Waals surface area contributed by atoms with Crippen LogP contribution in [-0.4, -0.2) is 29.1 Å². The molecule has 2 heterocycles. The van der Waals surface area contributed by atoms with Crippen molar-refractivity contribution in [1.29, 1.82) is 0 Å². The Hall–Kier alpha value is -1.61. The molecule has 0 bridgehead atoms. The quantitative estimate of drug-likeness (QED) is 0.825. The molecule has 1 atom stereocenters. The first-order valence-corrected chi connectivity index (χ1v) is 7.04. The van der Waals surface area contributed by atoms with Crippen LogP contribution in [0.25, 0.3) is 10.8 Å². The number of pyridine rings is 1. The van der Waals surface area contributed by atoms with Gasteiger partial charge in [-0.2, -0.15) is 0 Å². The smallest absolute Gasteiger partial charge is 0.258 e. The summed E-state index contributed by atoms with van der Waals surface area (Å²) in [5, 5.41) is 1.85. The van der Waals surface area contributed by atoms with Crippen LogP contribution in [0.4, 0.5) is 0 Å². The Labute approximate surface area is 113 Å². The van der Waals surface area contributed by atoms with Crippen LogP contribution < -0.4 is 5.56 Å². The van der Waals surface area contributed by atoms with Crippen molar-refractivity contribution in [3.63, 3.8) is 0 Å². The molecule has 0 saturated carbocycles.